The molecule has 0 spiro atoms. The fourth-order valence-electron chi connectivity index (χ4n) is 4.04. The van der Waals surface area contributed by atoms with E-state index in [9.17, 15) is 20.4 Å². The van der Waals surface area contributed by atoms with Crippen molar-refractivity contribution < 1.29 is 34.6 Å². The molecule has 1 aliphatic heterocycles. The molecule has 0 aromatic rings. The Morgan fingerprint density at radius 3 is 2.10 bits per heavy atom. The van der Waals surface area contributed by atoms with Crippen molar-refractivity contribution in [2.75, 3.05) is 45.9 Å². The zero-order chi connectivity index (χ0) is 23.1. The molecule has 2 aliphatic rings. The zero-order valence-electron chi connectivity index (χ0n) is 17.8. The zero-order valence-corrected chi connectivity index (χ0v) is 17.8. The van der Waals surface area contributed by atoms with Gasteiger partial charge in [-0.15, -0.1) is 0 Å². The lowest BCUT2D eigenvalue weighted by molar-refractivity contribution is -0.296. The Balaban J connectivity index is 2.07. The lowest BCUT2D eigenvalue weighted by atomic mass is 9.84. The van der Waals surface area contributed by atoms with E-state index in [4.69, 9.17) is 42.9 Å². The number of rotatable bonds is 11. The van der Waals surface area contributed by atoms with E-state index in [1.165, 1.54) is 0 Å². The Morgan fingerprint density at radius 2 is 1.52 bits per heavy atom. The van der Waals surface area contributed by atoms with Gasteiger partial charge in [-0.1, -0.05) is 0 Å². The van der Waals surface area contributed by atoms with E-state index < -0.39 is 67.6 Å². The smallest absolute Gasteiger partial charge is 0.176 e. The molecule has 0 unspecified atom stereocenters. The van der Waals surface area contributed by atoms with Gasteiger partial charge in [0.2, 0.25) is 0 Å². The van der Waals surface area contributed by atoms with Crippen molar-refractivity contribution in [2.24, 2.45) is 28.7 Å². The summed E-state index contributed by atoms with van der Waals surface area (Å²) in [6.45, 7) is 2.51. The lowest BCUT2D eigenvalue weighted by Crippen LogP contribution is -2.67. The van der Waals surface area contributed by atoms with Crippen LogP contribution in [-0.2, 0) is 14.2 Å². The molecule has 2 rings (SSSR count). The van der Waals surface area contributed by atoms with Gasteiger partial charge in [0.1, 0.15) is 30.5 Å². The van der Waals surface area contributed by atoms with Gasteiger partial charge in [0.05, 0.1) is 25.4 Å². The first kappa shape index (κ1) is 26.7. The molecular weight excluding hydrogens is 412 g/mol. The van der Waals surface area contributed by atoms with Crippen LogP contribution in [0.25, 0.3) is 0 Å². The predicted octanol–water partition coefficient (Wildman–Crippen LogP) is -5.84. The second-order valence-corrected chi connectivity index (χ2v) is 8.19. The molecule has 1 saturated heterocycles. The number of hydrogen-bond acceptors (Lipinski definition) is 13. The second-order valence-electron chi connectivity index (χ2n) is 8.19. The lowest BCUT2D eigenvalue weighted by Gasteiger charge is -2.46. The van der Waals surface area contributed by atoms with Gasteiger partial charge in [0.15, 0.2) is 6.29 Å². The highest BCUT2D eigenvalue weighted by atomic mass is 16.7. The highest BCUT2D eigenvalue weighted by molar-refractivity contribution is 5.00. The van der Waals surface area contributed by atoms with E-state index in [-0.39, 0.29) is 13.0 Å². The minimum Gasteiger partial charge on any atom is -0.394 e. The molecule has 0 bridgehead atoms. The third kappa shape index (κ3) is 6.74. The molecule has 184 valence electrons. The van der Waals surface area contributed by atoms with Gasteiger partial charge in [-0.05, 0) is 6.42 Å². The SMILES string of the molecule is NCCN(CCN)CCO[C@H]1[C@H](O)[C@@H](N)C[C@@H](N)[C@@H]1O[C@H]1O[C@H](CO)[C@@H](O)[C@H](O)[C@H]1N. The number of aliphatic hydroxyl groups is 4. The van der Waals surface area contributed by atoms with Gasteiger partial charge < -0.3 is 63.3 Å². The summed E-state index contributed by atoms with van der Waals surface area (Å²) >= 11 is 0. The molecule has 1 heterocycles. The number of aliphatic hydroxyl groups excluding tert-OH is 4. The monoisotopic (exact) mass is 452 g/mol. The Labute approximate surface area is 182 Å². The summed E-state index contributed by atoms with van der Waals surface area (Å²) in [6, 6.07) is -2.30. The summed E-state index contributed by atoms with van der Waals surface area (Å²) in [7, 11) is 0. The van der Waals surface area contributed by atoms with E-state index >= 15 is 0 Å². The molecule has 0 aromatic carbocycles. The Bertz CT molecular complexity index is 516. The van der Waals surface area contributed by atoms with E-state index in [1.807, 2.05) is 4.90 Å². The van der Waals surface area contributed by atoms with Crippen LogP contribution < -0.4 is 28.7 Å². The minimum absolute atomic E-state index is 0.249. The molecule has 14 N–H and O–H groups in total. The maximum absolute atomic E-state index is 10.6. The van der Waals surface area contributed by atoms with Crippen molar-refractivity contribution in [3.63, 3.8) is 0 Å². The topological polar surface area (TPSA) is 242 Å². The largest absolute Gasteiger partial charge is 0.394 e. The summed E-state index contributed by atoms with van der Waals surface area (Å²) < 4.78 is 17.4. The normalized spacial score (nSPS) is 41.6. The van der Waals surface area contributed by atoms with Gasteiger partial charge in [0.25, 0.3) is 0 Å². The number of ether oxygens (including phenoxy) is 3. The molecule has 1 aliphatic carbocycles. The molecule has 31 heavy (non-hydrogen) atoms. The van der Waals surface area contributed by atoms with Crippen LogP contribution in [0.2, 0.25) is 0 Å². The van der Waals surface area contributed by atoms with Crippen molar-refractivity contribution >= 4 is 0 Å². The van der Waals surface area contributed by atoms with Crippen LogP contribution in [0.5, 0.6) is 0 Å². The van der Waals surface area contributed by atoms with Crippen LogP contribution in [0.1, 0.15) is 6.42 Å². The van der Waals surface area contributed by atoms with Gasteiger partial charge in [-0.25, -0.2) is 0 Å². The van der Waals surface area contributed by atoms with Crippen LogP contribution in [0, 0.1) is 0 Å². The van der Waals surface area contributed by atoms with Crippen molar-refractivity contribution in [1.29, 1.82) is 0 Å². The van der Waals surface area contributed by atoms with E-state index in [1.54, 1.807) is 0 Å². The fraction of sp³-hybridized carbons (Fsp3) is 1.00. The minimum atomic E-state index is -1.37. The molecule has 13 heteroatoms. The van der Waals surface area contributed by atoms with E-state index in [0.29, 0.717) is 32.7 Å². The van der Waals surface area contributed by atoms with Crippen molar-refractivity contribution in [3.8, 4) is 0 Å². The quantitative estimate of drug-likeness (QED) is 0.142. The molecule has 0 amide bonds. The number of nitrogens with zero attached hydrogens (tertiary/aromatic N) is 1. The highest BCUT2D eigenvalue weighted by Gasteiger charge is 2.48. The fourth-order valence-corrected chi connectivity index (χ4v) is 4.04. The highest BCUT2D eigenvalue weighted by Crippen LogP contribution is 2.28. The summed E-state index contributed by atoms with van der Waals surface area (Å²) in [5, 5.41) is 40.2. The maximum Gasteiger partial charge on any atom is 0.176 e. The summed E-state index contributed by atoms with van der Waals surface area (Å²) in [5.41, 5.74) is 29.5. The predicted molar refractivity (Wildman–Crippen MR) is 111 cm³/mol. The van der Waals surface area contributed by atoms with Crippen LogP contribution in [0.4, 0.5) is 0 Å². The van der Waals surface area contributed by atoms with Crippen LogP contribution >= 0.6 is 0 Å². The maximum atomic E-state index is 10.6. The summed E-state index contributed by atoms with van der Waals surface area (Å²) in [6.07, 6.45) is -7.47. The second kappa shape index (κ2) is 12.6. The molecule has 0 aromatic heterocycles. The first-order chi connectivity index (χ1) is 14.7. The first-order valence-electron chi connectivity index (χ1n) is 10.7. The summed E-state index contributed by atoms with van der Waals surface area (Å²) in [4.78, 5) is 2.04. The Kier molecular flexibility index (Phi) is 10.9. The van der Waals surface area contributed by atoms with E-state index in [0.717, 1.165) is 0 Å². The Morgan fingerprint density at radius 1 is 0.871 bits per heavy atom. The van der Waals surface area contributed by atoms with E-state index in [2.05, 4.69) is 0 Å². The van der Waals surface area contributed by atoms with Crippen LogP contribution in [0.3, 0.4) is 0 Å². The third-order valence-corrected chi connectivity index (χ3v) is 5.89. The molecule has 2 fully saturated rings. The van der Waals surface area contributed by atoms with Crippen LogP contribution in [0.15, 0.2) is 0 Å². The first-order valence-corrected chi connectivity index (χ1v) is 10.7. The molecule has 1 saturated carbocycles. The van der Waals surface area contributed by atoms with Crippen molar-refractivity contribution in [3.05, 3.63) is 0 Å². The molecule has 13 nitrogen and oxygen atoms in total. The van der Waals surface area contributed by atoms with Gasteiger partial charge in [0, 0.05) is 44.8 Å². The van der Waals surface area contributed by atoms with Gasteiger partial charge in [-0.2, -0.15) is 0 Å². The molecule has 0 radical (unpaired) electrons. The average Bonchev–Trinajstić information content (AvgIpc) is 2.74. The molecular formula is C18H40N6O7. The summed E-state index contributed by atoms with van der Waals surface area (Å²) in [5.74, 6) is 0. The van der Waals surface area contributed by atoms with Gasteiger partial charge in [-0.3, -0.25) is 4.90 Å². The number of hydrogen-bond donors (Lipinski definition) is 9. The standard InChI is InChI=1S/C18H40N6O7/c19-1-3-24(4-2-20)5-6-29-17-13(26)9(21)7-10(22)16(17)31-18-12(23)15(28)14(27)11(8-25)30-18/h9-18,25-28H,1-8,19-23H2/t9-,10+,11+,12+,13+,14+,15+,16-,17-,18+/m0/s1. The number of nitrogens with two attached hydrogens (primary N) is 5. The van der Waals surface area contributed by atoms with Crippen molar-refractivity contribution in [2.45, 2.75) is 67.5 Å². The van der Waals surface area contributed by atoms with Crippen LogP contribution in [-0.4, -0.2) is 132 Å². The average molecular weight is 453 g/mol. The van der Waals surface area contributed by atoms with Crippen molar-refractivity contribution in [1.82, 2.24) is 4.90 Å². The van der Waals surface area contributed by atoms with Gasteiger partial charge >= 0.3 is 0 Å². The molecule has 10 atom stereocenters. The Hall–Kier alpha value is -0.520. The third-order valence-electron chi connectivity index (χ3n) is 5.89.